The first-order valence-electron chi connectivity index (χ1n) is 7.79. The van der Waals surface area contributed by atoms with Crippen LogP contribution in [0.5, 0.6) is 0 Å². The highest BCUT2D eigenvalue weighted by Gasteiger charge is 2.33. The van der Waals surface area contributed by atoms with Crippen LogP contribution in [-0.4, -0.2) is 26.1 Å². The predicted molar refractivity (Wildman–Crippen MR) is 82.5 cm³/mol. The normalized spacial score (nSPS) is 17.1. The van der Waals surface area contributed by atoms with Gasteiger partial charge in [-0.15, -0.1) is 0 Å². The van der Waals surface area contributed by atoms with Gasteiger partial charge in [0, 0.05) is 0 Å². The number of carbonyl (C=O) groups is 1. The van der Waals surface area contributed by atoms with Crippen LogP contribution < -0.4 is 5.32 Å². The van der Waals surface area contributed by atoms with Crippen molar-refractivity contribution in [2.45, 2.75) is 64.5 Å². The molecule has 0 radical (unpaired) electrons. The molecular formula is C15H21N5O3. The van der Waals surface area contributed by atoms with Crippen LogP contribution in [0.2, 0.25) is 0 Å². The van der Waals surface area contributed by atoms with Gasteiger partial charge in [-0.25, -0.2) is 0 Å². The van der Waals surface area contributed by atoms with Crippen LogP contribution >= 0.6 is 0 Å². The molecule has 1 aromatic heterocycles. The molecule has 124 valence electrons. The number of aromatic nitrogens is 2. The largest absolute Gasteiger partial charge is 0.336 e. The average Bonchev–Trinajstić information content (AvgIpc) is 2.66. The van der Waals surface area contributed by atoms with Gasteiger partial charge in [0.15, 0.2) is 0 Å². The number of nitrogens with one attached hydrogen (secondary N) is 1. The minimum atomic E-state index is -0.824. The van der Waals surface area contributed by atoms with E-state index in [1.54, 1.807) is 13.8 Å². The number of nitrogens with zero attached hydrogens (tertiary/aromatic N) is 4. The van der Waals surface area contributed by atoms with Crippen molar-refractivity contribution in [2.24, 2.45) is 0 Å². The Morgan fingerprint density at radius 2 is 2.00 bits per heavy atom. The van der Waals surface area contributed by atoms with Gasteiger partial charge in [0.05, 0.1) is 11.0 Å². The smallest absolute Gasteiger partial charge is 0.312 e. The Morgan fingerprint density at radius 1 is 1.39 bits per heavy atom. The van der Waals surface area contributed by atoms with E-state index in [1.165, 1.54) is 4.68 Å². The predicted octanol–water partition coefficient (Wildman–Crippen LogP) is 2.14. The molecule has 0 aliphatic heterocycles. The van der Waals surface area contributed by atoms with Gasteiger partial charge in [0.2, 0.25) is 5.91 Å². The van der Waals surface area contributed by atoms with Crippen LogP contribution in [0.4, 0.5) is 5.69 Å². The molecular weight excluding hydrogens is 298 g/mol. The molecule has 0 unspecified atom stereocenters. The summed E-state index contributed by atoms with van der Waals surface area (Å²) >= 11 is 0. The molecule has 0 aromatic carbocycles. The lowest BCUT2D eigenvalue weighted by Crippen LogP contribution is -2.48. The van der Waals surface area contributed by atoms with Crippen LogP contribution in [0.3, 0.4) is 0 Å². The summed E-state index contributed by atoms with van der Waals surface area (Å²) < 4.78 is 1.32. The topological polar surface area (TPSA) is 114 Å². The van der Waals surface area contributed by atoms with E-state index in [0.29, 0.717) is 18.5 Å². The fourth-order valence-electron chi connectivity index (χ4n) is 3.14. The second-order valence-corrected chi connectivity index (χ2v) is 6.09. The fraction of sp³-hybridized carbons (Fsp3) is 0.667. The van der Waals surface area contributed by atoms with E-state index >= 15 is 0 Å². The van der Waals surface area contributed by atoms with Crippen molar-refractivity contribution in [3.05, 3.63) is 21.5 Å². The number of hydrogen-bond donors (Lipinski definition) is 1. The summed E-state index contributed by atoms with van der Waals surface area (Å²) in [5, 5.41) is 27.4. The molecule has 1 amide bonds. The molecule has 2 rings (SSSR count). The lowest BCUT2D eigenvalue weighted by atomic mass is 9.92. The van der Waals surface area contributed by atoms with E-state index in [9.17, 15) is 20.2 Å². The number of nitro groups is 1. The minimum absolute atomic E-state index is 0.0673. The van der Waals surface area contributed by atoms with E-state index in [4.69, 9.17) is 0 Å². The number of amides is 1. The Morgan fingerprint density at radius 3 is 2.48 bits per heavy atom. The van der Waals surface area contributed by atoms with Gasteiger partial charge in [-0.1, -0.05) is 25.7 Å². The highest BCUT2D eigenvalue weighted by atomic mass is 16.6. The molecule has 23 heavy (non-hydrogen) atoms. The zero-order valence-corrected chi connectivity index (χ0v) is 13.5. The maximum atomic E-state index is 12.3. The number of nitriles is 1. The third-order valence-electron chi connectivity index (χ3n) is 4.37. The molecule has 0 atom stereocenters. The molecule has 0 saturated heterocycles. The van der Waals surface area contributed by atoms with Crippen LogP contribution in [0.1, 0.15) is 49.9 Å². The fourth-order valence-corrected chi connectivity index (χ4v) is 3.14. The first-order chi connectivity index (χ1) is 10.9. The number of carbonyl (C=O) groups excluding carboxylic acids is 1. The molecule has 1 heterocycles. The Labute approximate surface area is 134 Å². The zero-order chi connectivity index (χ0) is 17.0. The van der Waals surface area contributed by atoms with Gasteiger partial charge >= 0.3 is 5.69 Å². The highest BCUT2D eigenvalue weighted by molar-refractivity contribution is 5.77. The van der Waals surface area contributed by atoms with Crippen LogP contribution in [0, 0.1) is 35.3 Å². The first kappa shape index (κ1) is 16.9. The quantitative estimate of drug-likeness (QED) is 0.519. The summed E-state index contributed by atoms with van der Waals surface area (Å²) in [5.74, 6) is -0.339. The van der Waals surface area contributed by atoms with E-state index < -0.39 is 10.5 Å². The van der Waals surface area contributed by atoms with Gasteiger partial charge in [-0.2, -0.15) is 10.4 Å². The summed E-state index contributed by atoms with van der Waals surface area (Å²) in [6, 6.07) is 2.25. The summed E-state index contributed by atoms with van der Waals surface area (Å²) in [6.07, 6.45) is 5.27. The molecule has 1 saturated carbocycles. The van der Waals surface area contributed by atoms with Crippen molar-refractivity contribution >= 4 is 11.6 Å². The van der Waals surface area contributed by atoms with Crippen molar-refractivity contribution in [2.75, 3.05) is 0 Å². The summed E-state index contributed by atoms with van der Waals surface area (Å²) in [7, 11) is 0. The Kier molecular flexibility index (Phi) is 4.98. The Bertz CT molecular complexity index is 651. The molecule has 1 aliphatic rings. The Balaban J connectivity index is 2.12. The van der Waals surface area contributed by atoms with Crippen molar-refractivity contribution in [1.82, 2.24) is 15.1 Å². The van der Waals surface area contributed by atoms with Gasteiger partial charge in [-0.05, 0) is 26.7 Å². The maximum absolute atomic E-state index is 12.3. The molecule has 1 fully saturated rings. The standard InChI is InChI=1S/C15H21N5O3/c1-11-14(20(22)23)12(2)19(18-11)9-13(21)17-15(10-16)7-5-3-4-6-8-15/h3-9H2,1-2H3,(H,17,21). The van der Waals surface area contributed by atoms with E-state index in [2.05, 4.69) is 16.5 Å². The van der Waals surface area contributed by atoms with Gasteiger partial charge < -0.3 is 5.32 Å². The molecule has 8 nitrogen and oxygen atoms in total. The second-order valence-electron chi connectivity index (χ2n) is 6.09. The molecule has 0 spiro atoms. The van der Waals surface area contributed by atoms with E-state index in [0.717, 1.165) is 25.7 Å². The van der Waals surface area contributed by atoms with Crippen LogP contribution in [-0.2, 0) is 11.3 Å². The number of hydrogen-bond acceptors (Lipinski definition) is 5. The van der Waals surface area contributed by atoms with Gasteiger partial charge in [-0.3, -0.25) is 19.6 Å². The molecule has 1 aromatic rings. The summed E-state index contributed by atoms with van der Waals surface area (Å²) in [4.78, 5) is 22.8. The monoisotopic (exact) mass is 319 g/mol. The van der Waals surface area contributed by atoms with E-state index in [-0.39, 0.29) is 23.8 Å². The van der Waals surface area contributed by atoms with Crippen molar-refractivity contribution in [1.29, 1.82) is 5.26 Å². The second kappa shape index (κ2) is 6.77. The van der Waals surface area contributed by atoms with Crippen LogP contribution in [0.25, 0.3) is 0 Å². The van der Waals surface area contributed by atoms with Crippen molar-refractivity contribution < 1.29 is 9.72 Å². The van der Waals surface area contributed by atoms with Crippen molar-refractivity contribution in [3.8, 4) is 6.07 Å². The van der Waals surface area contributed by atoms with E-state index in [1.807, 2.05) is 0 Å². The SMILES string of the molecule is Cc1nn(CC(=O)NC2(C#N)CCCCCC2)c(C)c1[N+](=O)[O-]. The average molecular weight is 319 g/mol. The van der Waals surface area contributed by atoms with Gasteiger partial charge in [0.1, 0.15) is 23.5 Å². The number of rotatable bonds is 4. The lowest BCUT2D eigenvalue weighted by Gasteiger charge is -2.26. The third-order valence-corrected chi connectivity index (χ3v) is 4.37. The first-order valence-corrected chi connectivity index (χ1v) is 7.79. The summed E-state index contributed by atoms with van der Waals surface area (Å²) in [5.41, 5.74) is -0.267. The maximum Gasteiger partial charge on any atom is 0.312 e. The molecule has 1 aliphatic carbocycles. The molecule has 8 heteroatoms. The van der Waals surface area contributed by atoms with Crippen LogP contribution in [0.15, 0.2) is 0 Å². The van der Waals surface area contributed by atoms with Gasteiger partial charge in [0.25, 0.3) is 0 Å². The summed E-state index contributed by atoms with van der Waals surface area (Å²) in [6.45, 7) is 2.99. The molecule has 1 N–H and O–H groups in total. The minimum Gasteiger partial charge on any atom is -0.336 e. The molecule has 0 bridgehead atoms. The number of aryl methyl sites for hydroxylation is 1. The lowest BCUT2D eigenvalue weighted by molar-refractivity contribution is -0.386. The zero-order valence-electron chi connectivity index (χ0n) is 13.5. The highest BCUT2D eigenvalue weighted by Crippen LogP contribution is 2.27. The Hall–Kier alpha value is -2.43. The van der Waals surface area contributed by atoms with Crippen molar-refractivity contribution in [3.63, 3.8) is 0 Å². The third kappa shape index (κ3) is 3.67.